The van der Waals surface area contributed by atoms with Crippen molar-refractivity contribution in [2.45, 2.75) is 25.3 Å². The Bertz CT molecular complexity index is 337. The molecule has 0 unspecified atom stereocenters. The van der Waals surface area contributed by atoms with Crippen LogP contribution in [0.2, 0.25) is 0 Å². The summed E-state index contributed by atoms with van der Waals surface area (Å²) in [5.41, 5.74) is -0.806. The summed E-state index contributed by atoms with van der Waals surface area (Å²) in [5, 5.41) is 2.77. The minimum Gasteiger partial charge on any atom is -0.467 e. The van der Waals surface area contributed by atoms with Crippen LogP contribution in [0.3, 0.4) is 0 Å². The van der Waals surface area contributed by atoms with E-state index >= 15 is 0 Å². The number of nitrogens with one attached hydrogen (secondary N) is 1. The van der Waals surface area contributed by atoms with E-state index in [9.17, 15) is 9.59 Å². The molecule has 2 aliphatic rings. The van der Waals surface area contributed by atoms with Gasteiger partial charge in [-0.05, 0) is 18.8 Å². The van der Waals surface area contributed by atoms with Crippen molar-refractivity contribution in [3.63, 3.8) is 0 Å². The van der Waals surface area contributed by atoms with Crippen LogP contribution in [0.15, 0.2) is 12.2 Å². The van der Waals surface area contributed by atoms with Crippen molar-refractivity contribution in [1.82, 2.24) is 5.32 Å². The smallest absolute Gasteiger partial charge is 0.332 e. The Kier molecular flexibility index (Phi) is 2.29. The zero-order valence-corrected chi connectivity index (χ0v) is 8.95. The summed E-state index contributed by atoms with van der Waals surface area (Å²) in [5.74, 6) is -0.00398. The van der Waals surface area contributed by atoms with Gasteiger partial charge in [-0.3, -0.25) is 4.79 Å². The van der Waals surface area contributed by atoms with Crippen molar-refractivity contribution < 1.29 is 14.3 Å². The number of methoxy groups -OCH3 is 1. The molecule has 2 bridgehead atoms. The van der Waals surface area contributed by atoms with Gasteiger partial charge in [0.2, 0.25) is 5.91 Å². The van der Waals surface area contributed by atoms with Crippen LogP contribution >= 0.6 is 0 Å². The van der Waals surface area contributed by atoms with E-state index in [-0.39, 0.29) is 17.8 Å². The lowest BCUT2D eigenvalue weighted by atomic mass is 9.84. The van der Waals surface area contributed by atoms with E-state index in [1.165, 1.54) is 14.0 Å². The predicted octanol–water partition coefficient (Wildman–Crippen LogP) is 0.630. The van der Waals surface area contributed by atoms with Gasteiger partial charge in [0, 0.05) is 12.8 Å². The number of hydrogen-bond acceptors (Lipinski definition) is 3. The molecule has 0 aromatic rings. The lowest BCUT2D eigenvalue weighted by Gasteiger charge is -2.33. The molecule has 0 aliphatic heterocycles. The van der Waals surface area contributed by atoms with Crippen LogP contribution in [0, 0.1) is 11.8 Å². The fourth-order valence-corrected chi connectivity index (χ4v) is 2.78. The molecule has 82 valence electrons. The second kappa shape index (κ2) is 3.36. The van der Waals surface area contributed by atoms with E-state index in [1.54, 1.807) is 0 Å². The van der Waals surface area contributed by atoms with Crippen LogP contribution in [0.4, 0.5) is 0 Å². The summed E-state index contributed by atoms with van der Waals surface area (Å²) in [6.07, 6.45) is 5.74. The number of rotatable bonds is 2. The Morgan fingerprint density at radius 1 is 1.47 bits per heavy atom. The van der Waals surface area contributed by atoms with Gasteiger partial charge < -0.3 is 10.1 Å². The molecular weight excluding hydrogens is 194 g/mol. The molecule has 0 aromatic carbocycles. The van der Waals surface area contributed by atoms with Gasteiger partial charge in [0.05, 0.1) is 7.11 Å². The van der Waals surface area contributed by atoms with Gasteiger partial charge in [-0.2, -0.15) is 0 Å². The second-order valence-corrected chi connectivity index (χ2v) is 4.34. The van der Waals surface area contributed by atoms with Crippen LogP contribution in [0.25, 0.3) is 0 Å². The number of carbonyl (C=O) groups is 2. The highest BCUT2D eigenvalue weighted by Gasteiger charge is 2.55. The van der Waals surface area contributed by atoms with E-state index in [0.717, 1.165) is 6.42 Å². The summed E-state index contributed by atoms with van der Waals surface area (Å²) >= 11 is 0. The molecule has 3 atom stereocenters. The first kappa shape index (κ1) is 10.2. The number of ether oxygens (including phenoxy) is 1. The Labute approximate surface area is 88.7 Å². The van der Waals surface area contributed by atoms with Crippen LogP contribution < -0.4 is 5.32 Å². The minimum atomic E-state index is -0.806. The number of amides is 1. The van der Waals surface area contributed by atoms with Gasteiger partial charge in [0.1, 0.15) is 5.54 Å². The highest BCUT2D eigenvalue weighted by molar-refractivity contribution is 5.88. The molecule has 1 N–H and O–H groups in total. The first-order valence-electron chi connectivity index (χ1n) is 5.14. The predicted molar refractivity (Wildman–Crippen MR) is 53.9 cm³/mol. The van der Waals surface area contributed by atoms with Gasteiger partial charge in [0.25, 0.3) is 0 Å². The fraction of sp³-hybridized carbons (Fsp3) is 0.636. The summed E-state index contributed by atoms with van der Waals surface area (Å²) in [6, 6.07) is 0. The average Bonchev–Trinajstić information content (AvgIpc) is 2.75. The Morgan fingerprint density at radius 3 is 2.60 bits per heavy atom. The SMILES string of the molecule is COC(=O)[C@@]1(NC(C)=O)C[C@@H]2C=C[C@@H]1C2. The maximum Gasteiger partial charge on any atom is 0.332 e. The Hall–Kier alpha value is -1.32. The molecule has 15 heavy (non-hydrogen) atoms. The number of fused-ring (bicyclic) bond motifs is 2. The highest BCUT2D eigenvalue weighted by atomic mass is 16.5. The number of allylic oxidation sites excluding steroid dienone is 1. The van der Waals surface area contributed by atoms with E-state index < -0.39 is 5.54 Å². The zero-order chi connectivity index (χ0) is 11.1. The maximum atomic E-state index is 11.8. The molecular formula is C11H15NO3. The quantitative estimate of drug-likeness (QED) is 0.536. The molecule has 2 aliphatic carbocycles. The van der Waals surface area contributed by atoms with Crippen LogP contribution in [0.1, 0.15) is 19.8 Å². The zero-order valence-electron chi connectivity index (χ0n) is 8.95. The number of esters is 1. The molecule has 0 radical (unpaired) electrons. The van der Waals surface area contributed by atoms with Gasteiger partial charge >= 0.3 is 5.97 Å². The first-order valence-corrected chi connectivity index (χ1v) is 5.14. The second-order valence-electron chi connectivity index (χ2n) is 4.34. The molecule has 4 heteroatoms. The summed E-state index contributed by atoms with van der Waals surface area (Å²) < 4.78 is 4.80. The lowest BCUT2D eigenvalue weighted by Crippen LogP contribution is -2.57. The van der Waals surface area contributed by atoms with Gasteiger partial charge in [0.15, 0.2) is 0 Å². The Balaban J connectivity index is 2.28. The van der Waals surface area contributed by atoms with E-state index in [4.69, 9.17) is 4.74 Å². The topological polar surface area (TPSA) is 55.4 Å². The van der Waals surface area contributed by atoms with Crippen molar-refractivity contribution in [1.29, 1.82) is 0 Å². The number of hydrogen-bond donors (Lipinski definition) is 1. The Morgan fingerprint density at radius 2 is 2.20 bits per heavy atom. The highest BCUT2D eigenvalue weighted by Crippen LogP contribution is 2.46. The molecule has 2 rings (SSSR count). The third kappa shape index (κ3) is 1.44. The van der Waals surface area contributed by atoms with Crippen LogP contribution in [0.5, 0.6) is 0 Å². The molecule has 0 spiro atoms. The van der Waals surface area contributed by atoms with Crippen molar-refractivity contribution in [2.75, 3.05) is 7.11 Å². The fourth-order valence-electron chi connectivity index (χ4n) is 2.78. The summed E-state index contributed by atoms with van der Waals surface area (Å²) in [4.78, 5) is 22.9. The van der Waals surface area contributed by atoms with Gasteiger partial charge in [-0.15, -0.1) is 0 Å². The van der Waals surface area contributed by atoms with E-state index in [1.807, 2.05) is 6.08 Å². The van der Waals surface area contributed by atoms with Crippen LogP contribution in [-0.2, 0) is 14.3 Å². The van der Waals surface area contributed by atoms with Gasteiger partial charge in [-0.1, -0.05) is 12.2 Å². The first-order chi connectivity index (χ1) is 7.08. The standard InChI is InChI=1S/C11H15NO3/c1-7(13)12-11(10(14)15-2)6-8-3-4-9(11)5-8/h3-4,8-9H,5-6H2,1-2H3,(H,12,13)/t8-,9-,11-/m1/s1. The molecule has 1 fully saturated rings. The average molecular weight is 209 g/mol. The largest absolute Gasteiger partial charge is 0.467 e. The number of carbonyl (C=O) groups excluding carboxylic acids is 2. The molecule has 1 amide bonds. The monoisotopic (exact) mass is 209 g/mol. The molecule has 1 saturated carbocycles. The van der Waals surface area contributed by atoms with Crippen molar-refractivity contribution in [3.8, 4) is 0 Å². The lowest BCUT2D eigenvalue weighted by molar-refractivity contribution is -0.152. The third-order valence-corrected chi connectivity index (χ3v) is 3.34. The van der Waals surface area contributed by atoms with Crippen molar-refractivity contribution in [2.24, 2.45) is 11.8 Å². The van der Waals surface area contributed by atoms with Crippen molar-refractivity contribution in [3.05, 3.63) is 12.2 Å². The normalized spacial score (nSPS) is 36.7. The van der Waals surface area contributed by atoms with E-state index in [0.29, 0.717) is 12.3 Å². The van der Waals surface area contributed by atoms with Crippen molar-refractivity contribution >= 4 is 11.9 Å². The third-order valence-electron chi connectivity index (χ3n) is 3.34. The summed E-state index contributed by atoms with van der Waals surface area (Å²) in [6.45, 7) is 1.43. The molecule has 0 saturated heterocycles. The van der Waals surface area contributed by atoms with E-state index in [2.05, 4.69) is 11.4 Å². The minimum absolute atomic E-state index is 0.0962. The van der Waals surface area contributed by atoms with Crippen LogP contribution in [-0.4, -0.2) is 24.5 Å². The molecule has 4 nitrogen and oxygen atoms in total. The van der Waals surface area contributed by atoms with Gasteiger partial charge in [-0.25, -0.2) is 4.79 Å². The maximum absolute atomic E-state index is 11.8. The molecule has 0 aromatic heterocycles. The molecule has 0 heterocycles. The summed E-state index contributed by atoms with van der Waals surface area (Å²) in [7, 11) is 1.36.